The van der Waals surface area contributed by atoms with Crippen LogP contribution in [0.3, 0.4) is 0 Å². The fourth-order valence-corrected chi connectivity index (χ4v) is 2.15. The lowest BCUT2D eigenvalue weighted by atomic mass is 9.82. The Morgan fingerprint density at radius 2 is 2.21 bits per heavy atom. The van der Waals surface area contributed by atoms with Crippen molar-refractivity contribution in [2.24, 2.45) is 5.92 Å². The maximum Gasteiger partial charge on any atom is 0.224 e. The lowest BCUT2D eigenvalue weighted by Crippen LogP contribution is -2.17. The maximum atomic E-state index is 11.7. The molecule has 0 unspecified atom stereocenters. The molecule has 0 aliphatic heterocycles. The van der Waals surface area contributed by atoms with Gasteiger partial charge in [0, 0.05) is 12.1 Å². The molecule has 0 aromatic heterocycles. The van der Waals surface area contributed by atoms with Gasteiger partial charge in [0.1, 0.15) is 5.75 Å². The summed E-state index contributed by atoms with van der Waals surface area (Å²) in [4.78, 5) is 11.7. The van der Waals surface area contributed by atoms with E-state index in [0.29, 0.717) is 17.9 Å². The molecular formula is C14H21ClN2O2. The Morgan fingerprint density at radius 3 is 2.74 bits per heavy atom. The topological polar surface area (TPSA) is 64.3 Å². The molecule has 2 rings (SSSR count). The summed E-state index contributed by atoms with van der Waals surface area (Å²) in [5.41, 5.74) is 7.05. The average Bonchev–Trinajstić information content (AvgIpc) is 2.27. The molecule has 1 aromatic rings. The number of hydrogen-bond donors (Lipinski definition) is 2. The molecule has 0 spiro atoms. The number of methoxy groups -OCH3 is 1. The van der Waals surface area contributed by atoms with Gasteiger partial charge in [-0.3, -0.25) is 4.79 Å². The number of halogens is 1. The molecule has 0 saturated heterocycles. The van der Waals surface area contributed by atoms with Crippen LogP contribution in [0.5, 0.6) is 5.75 Å². The third-order valence-electron chi connectivity index (χ3n) is 3.52. The van der Waals surface area contributed by atoms with Crippen molar-refractivity contribution < 1.29 is 9.53 Å². The summed E-state index contributed by atoms with van der Waals surface area (Å²) in [6.07, 6.45) is 5.47. The first-order chi connectivity index (χ1) is 8.69. The Bertz CT molecular complexity index is 433. The van der Waals surface area contributed by atoms with Gasteiger partial charge in [-0.05, 0) is 30.5 Å². The van der Waals surface area contributed by atoms with E-state index >= 15 is 0 Å². The van der Waals surface area contributed by atoms with Gasteiger partial charge in [-0.1, -0.05) is 19.3 Å². The van der Waals surface area contributed by atoms with Crippen molar-refractivity contribution in [1.29, 1.82) is 0 Å². The number of ether oxygens (including phenoxy) is 1. The molecule has 0 atom stereocenters. The number of carbonyl (C=O) groups is 1. The molecule has 0 heterocycles. The molecule has 1 aliphatic rings. The Morgan fingerprint density at radius 1 is 1.47 bits per heavy atom. The smallest absolute Gasteiger partial charge is 0.224 e. The third kappa shape index (κ3) is 4.31. The zero-order valence-corrected chi connectivity index (χ0v) is 12.0. The molecule has 1 aromatic carbocycles. The second-order valence-electron chi connectivity index (χ2n) is 4.84. The summed E-state index contributed by atoms with van der Waals surface area (Å²) in [6, 6.07) is 5.29. The molecule has 1 amide bonds. The SMILES string of the molecule is COc1ccc(NC(=O)CCC2CCC2)cc1N.Cl. The van der Waals surface area contributed by atoms with Gasteiger partial charge in [0.15, 0.2) is 0 Å². The molecule has 1 aliphatic carbocycles. The Labute approximate surface area is 120 Å². The van der Waals surface area contributed by atoms with Gasteiger partial charge in [-0.2, -0.15) is 0 Å². The Balaban J connectivity index is 0.00000180. The lowest BCUT2D eigenvalue weighted by Gasteiger charge is -2.24. The van der Waals surface area contributed by atoms with Crippen molar-refractivity contribution in [3.8, 4) is 5.75 Å². The van der Waals surface area contributed by atoms with Crippen molar-refractivity contribution >= 4 is 29.7 Å². The van der Waals surface area contributed by atoms with Gasteiger partial charge < -0.3 is 15.8 Å². The first kappa shape index (κ1) is 15.6. The minimum Gasteiger partial charge on any atom is -0.495 e. The van der Waals surface area contributed by atoms with Crippen LogP contribution in [0.2, 0.25) is 0 Å². The van der Waals surface area contributed by atoms with E-state index < -0.39 is 0 Å². The predicted molar refractivity (Wildman–Crippen MR) is 79.9 cm³/mol. The van der Waals surface area contributed by atoms with E-state index in [-0.39, 0.29) is 18.3 Å². The van der Waals surface area contributed by atoms with E-state index in [4.69, 9.17) is 10.5 Å². The molecule has 5 heteroatoms. The number of nitrogens with one attached hydrogen (secondary N) is 1. The molecule has 4 nitrogen and oxygen atoms in total. The van der Waals surface area contributed by atoms with E-state index in [1.54, 1.807) is 25.3 Å². The summed E-state index contributed by atoms with van der Waals surface area (Å²) < 4.78 is 5.07. The quantitative estimate of drug-likeness (QED) is 0.816. The van der Waals surface area contributed by atoms with Crippen LogP contribution in [0.1, 0.15) is 32.1 Å². The van der Waals surface area contributed by atoms with Crippen molar-refractivity contribution in [3.05, 3.63) is 18.2 Å². The van der Waals surface area contributed by atoms with Gasteiger partial charge in [0.05, 0.1) is 12.8 Å². The van der Waals surface area contributed by atoms with Crippen LogP contribution in [-0.4, -0.2) is 13.0 Å². The van der Waals surface area contributed by atoms with Crippen LogP contribution in [0.15, 0.2) is 18.2 Å². The molecule has 1 saturated carbocycles. The fraction of sp³-hybridized carbons (Fsp3) is 0.500. The van der Waals surface area contributed by atoms with Crippen LogP contribution in [-0.2, 0) is 4.79 Å². The second-order valence-corrected chi connectivity index (χ2v) is 4.84. The number of nitrogen functional groups attached to an aromatic ring is 1. The Kier molecular flexibility index (Phi) is 5.96. The van der Waals surface area contributed by atoms with Gasteiger partial charge in [0.25, 0.3) is 0 Å². The first-order valence-corrected chi connectivity index (χ1v) is 6.42. The van der Waals surface area contributed by atoms with E-state index in [0.717, 1.165) is 18.0 Å². The molecule has 3 N–H and O–H groups in total. The van der Waals surface area contributed by atoms with Crippen molar-refractivity contribution in [2.45, 2.75) is 32.1 Å². The molecule has 19 heavy (non-hydrogen) atoms. The normalized spacial score (nSPS) is 14.2. The number of nitrogens with two attached hydrogens (primary N) is 1. The van der Waals surface area contributed by atoms with Crippen molar-refractivity contribution in [3.63, 3.8) is 0 Å². The van der Waals surface area contributed by atoms with Crippen molar-refractivity contribution in [2.75, 3.05) is 18.2 Å². The highest BCUT2D eigenvalue weighted by atomic mass is 35.5. The van der Waals surface area contributed by atoms with Crippen LogP contribution in [0.25, 0.3) is 0 Å². The lowest BCUT2D eigenvalue weighted by molar-refractivity contribution is -0.116. The predicted octanol–water partition coefficient (Wildman–Crippen LogP) is 3.22. The van der Waals surface area contributed by atoms with Crippen molar-refractivity contribution in [1.82, 2.24) is 0 Å². The zero-order chi connectivity index (χ0) is 13.0. The van der Waals surface area contributed by atoms with Gasteiger partial charge >= 0.3 is 0 Å². The minimum absolute atomic E-state index is 0. The highest BCUT2D eigenvalue weighted by Gasteiger charge is 2.18. The number of hydrogen-bond acceptors (Lipinski definition) is 3. The van der Waals surface area contributed by atoms with Gasteiger partial charge in [-0.25, -0.2) is 0 Å². The van der Waals surface area contributed by atoms with E-state index in [1.807, 2.05) is 0 Å². The summed E-state index contributed by atoms with van der Waals surface area (Å²) in [5.74, 6) is 1.45. The number of amides is 1. The van der Waals surface area contributed by atoms with Crippen LogP contribution in [0, 0.1) is 5.92 Å². The highest BCUT2D eigenvalue weighted by molar-refractivity contribution is 5.91. The van der Waals surface area contributed by atoms with E-state index in [2.05, 4.69) is 5.32 Å². The van der Waals surface area contributed by atoms with Crippen LogP contribution in [0.4, 0.5) is 11.4 Å². The molecule has 1 fully saturated rings. The summed E-state index contributed by atoms with van der Waals surface area (Å²) in [7, 11) is 1.57. The van der Waals surface area contributed by atoms with Gasteiger partial charge in [0.2, 0.25) is 5.91 Å². The number of benzene rings is 1. The number of rotatable bonds is 5. The van der Waals surface area contributed by atoms with Gasteiger partial charge in [-0.15, -0.1) is 12.4 Å². The summed E-state index contributed by atoms with van der Waals surface area (Å²) in [5, 5.41) is 2.86. The molecule has 106 valence electrons. The standard InChI is InChI=1S/C14H20N2O2.ClH/c1-18-13-7-6-11(9-12(13)15)16-14(17)8-5-10-3-2-4-10;/h6-7,9-10H,2-5,8,15H2,1H3,(H,16,17);1H. The molecule has 0 bridgehead atoms. The van der Waals surface area contributed by atoms with E-state index in [9.17, 15) is 4.79 Å². The fourth-order valence-electron chi connectivity index (χ4n) is 2.15. The zero-order valence-electron chi connectivity index (χ0n) is 11.1. The van der Waals surface area contributed by atoms with E-state index in [1.165, 1.54) is 19.3 Å². The number of anilines is 2. The molecular weight excluding hydrogens is 264 g/mol. The largest absolute Gasteiger partial charge is 0.495 e. The Hall–Kier alpha value is -1.42. The third-order valence-corrected chi connectivity index (χ3v) is 3.52. The minimum atomic E-state index is 0. The summed E-state index contributed by atoms with van der Waals surface area (Å²) in [6.45, 7) is 0. The van der Waals surface area contributed by atoms with Crippen LogP contribution < -0.4 is 15.8 Å². The maximum absolute atomic E-state index is 11.7. The average molecular weight is 285 g/mol. The number of carbonyl (C=O) groups excluding carboxylic acids is 1. The van der Waals surface area contributed by atoms with Crippen LogP contribution >= 0.6 is 12.4 Å². The highest BCUT2D eigenvalue weighted by Crippen LogP contribution is 2.30. The monoisotopic (exact) mass is 284 g/mol. The summed E-state index contributed by atoms with van der Waals surface area (Å²) >= 11 is 0. The first-order valence-electron chi connectivity index (χ1n) is 6.42. The second kappa shape index (κ2) is 7.24. The molecule has 0 radical (unpaired) electrons.